The number of likely N-dealkylation sites (tertiary alicyclic amines) is 1. The third-order valence-electron chi connectivity index (χ3n) is 5.10. The molecule has 2 aromatic heterocycles. The van der Waals surface area contributed by atoms with Gasteiger partial charge in [0, 0.05) is 30.4 Å². The number of thiazole rings is 1. The third-order valence-corrected chi connectivity index (χ3v) is 6.00. The second kappa shape index (κ2) is 5.78. The first-order valence-electron chi connectivity index (χ1n) is 8.42. The summed E-state index contributed by atoms with van der Waals surface area (Å²) in [5.41, 5.74) is 2.85. The van der Waals surface area contributed by atoms with Crippen LogP contribution in [0.1, 0.15) is 58.8 Å². The minimum atomic E-state index is 0.484. The molecule has 1 aliphatic carbocycles. The van der Waals surface area contributed by atoms with E-state index in [1.54, 1.807) is 0 Å². The van der Waals surface area contributed by atoms with Crippen LogP contribution >= 0.6 is 11.3 Å². The van der Waals surface area contributed by atoms with E-state index >= 15 is 0 Å². The number of aryl methyl sites for hydroxylation is 2. The fourth-order valence-corrected chi connectivity index (χ4v) is 4.81. The van der Waals surface area contributed by atoms with Crippen LogP contribution in [0.25, 0.3) is 0 Å². The van der Waals surface area contributed by atoms with Gasteiger partial charge in [-0.05, 0) is 52.0 Å². The van der Waals surface area contributed by atoms with Crippen molar-refractivity contribution in [3.63, 3.8) is 0 Å². The predicted octanol–water partition coefficient (Wildman–Crippen LogP) is 3.40. The van der Waals surface area contributed by atoms with Gasteiger partial charge in [-0.15, -0.1) is 11.3 Å². The van der Waals surface area contributed by atoms with Gasteiger partial charge in [-0.25, -0.2) is 9.97 Å². The molecule has 3 heterocycles. The molecule has 0 radical (unpaired) electrons. The minimum absolute atomic E-state index is 0.484. The van der Waals surface area contributed by atoms with Gasteiger partial charge in [-0.2, -0.15) is 0 Å². The lowest BCUT2D eigenvalue weighted by Gasteiger charge is -2.23. The summed E-state index contributed by atoms with van der Waals surface area (Å²) in [5.74, 6) is 1.30. The van der Waals surface area contributed by atoms with Gasteiger partial charge < -0.3 is 4.57 Å². The molecular formula is C17H24N4S. The molecule has 1 atom stereocenters. The SMILES string of the molecule is Cc1ncc(CN2CCC[C@@H]2c2nc3c(n2C)CCCC3)s1. The topological polar surface area (TPSA) is 34.0 Å². The zero-order valence-electron chi connectivity index (χ0n) is 13.5. The molecule has 2 aliphatic rings. The highest BCUT2D eigenvalue weighted by Gasteiger charge is 2.31. The van der Waals surface area contributed by atoms with Crippen LogP contribution in [-0.2, 0) is 26.4 Å². The summed E-state index contributed by atoms with van der Waals surface area (Å²) in [4.78, 5) is 13.4. The lowest BCUT2D eigenvalue weighted by Crippen LogP contribution is -2.24. The Morgan fingerprint density at radius 2 is 2.14 bits per heavy atom. The standard InChI is InChI=1S/C17H24N4S/c1-12-18-10-13(22-12)11-21-9-5-8-16(21)17-19-14-6-3-4-7-15(14)20(17)2/h10,16H,3-9,11H2,1-2H3/t16-/m1/s1. The molecule has 0 N–H and O–H groups in total. The van der Waals surface area contributed by atoms with E-state index in [1.807, 2.05) is 17.5 Å². The molecule has 0 saturated carbocycles. The highest BCUT2D eigenvalue weighted by atomic mass is 32.1. The molecule has 118 valence electrons. The van der Waals surface area contributed by atoms with Gasteiger partial charge in [0.05, 0.1) is 16.7 Å². The highest BCUT2D eigenvalue weighted by molar-refractivity contribution is 7.11. The summed E-state index contributed by atoms with van der Waals surface area (Å²) in [5, 5.41) is 1.17. The van der Waals surface area contributed by atoms with Gasteiger partial charge >= 0.3 is 0 Å². The average molecular weight is 316 g/mol. The maximum Gasteiger partial charge on any atom is 0.126 e. The molecule has 1 fully saturated rings. The summed E-state index contributed by atoms with van der Waals surface area (Å²) in [6.07, 6.45) is 9.56. The zero-order valence-corrected chi connectivity index (χ0v) is 14.3. The van der Waals surface area contributed by atoms with Crippen molar-refractivity contribution in [3.8, 4) is 0 Å². The van der Waals surface area contributed by atoms with E-state index < -0.39 is 0 Å². The maximum atomic E-state index is 5.04. The summed E-state index contributed by atoms with van der Waals surface area (Å²) >= 11 is 1.82. The zero-order chi connectivity index (χ0) is 15.1. The first-order valence-corrected chi connectivity index (χ1v) is 9.24. The molecule has 5 heteroatoms. The van der Waals surface area contributed by atoms with Gasteiger partial charge in [0.1, 0.15) is 5.82 Å². The van der Waals surface area contributed by atoms with Gasteiger partial charge in [0.2, 0.25) is 0 Å². The van der Waals surface area contributed by atoms with E-state index in [1.165, 1.54) is 72.2 Å². The van der Waals surface area contributed by atoms with Gasteiger partial charge in [-0.3, -0.25) is 4.90 Å². The molecule has 2 aromatic rings. The lowest BCUT2D eigenvalue weighted by molar-refractivity contribution is 0.238. The Labute approximate surface area is 136 Å². The van der Waals surface area contributed by atoms with Gasteiger partial charge in [0.25, 0.3) is 0 Å². The van der Waals surface area contributed by atoms with Crippen molar-refractivity contribution in [3.05, 3.63) is 33.3 Å². The molecule has 0 aromatic carbocycles. The van der Waals surface area contributed by atoms with Crippen LogP contribution in [0.2, 0.25) is 0 Å². The van der Waals surface area contributed by atoms with Crippen LogP contribution in [0, 0.1) is 6.92 Å². The van der Waals surface area contributed by atoms with E-state index in [0.717, 1.165) is 6.54 Å². The van der Waals surface area contributed by atoms with Gasteiger partial charge in [-0.1, -0.05) is 0 Å². The van der Waals surface area contributed by atoms with Crippen molar-refractivity contribution >= 4 is 11.3 Å². The Kier molecular flexibility index (Phi) is 3.78. The molecule has 0 spiro atoms. The number of fused-ring (bicyclic) bond motifs is 1. The van der Waals surface area contributed by atoms with E-state index in [4.69, 9.17) is 4.98 Å². The van der Waals surface area contributed by atoms with Crippen LogP contribution in [0.3, 0.4) is 0 Å². The summed E-state index contributed by atoms with van der Waals surface area (Å²) in [7, 11) is 2.22. The Morgan fingerprint density at radius 1 is 1.27 bits per heavy atom. The lowest BCUT2D eigenvalue weighted by atomic mass is 10.0. The van der Waals surface area contributed by atoms with Gasteiger partial charge in [0.15, 0.2) is 0 Å². The first kappa shape index (κ1) is 14.4. The molecule has 4 nitrogen and oxygen atoms in total. The monoisotopic (exact) mass is 316 g/mol. The largest absolute Gasteiger partial charge is 0.334 e. The van der Waals surface area contributed by atoms with Crippen molar-refractivity contribution in [2.45, 2.75) is 58.0 Å². The Morgan fingerprint density at radius 3 is 2.91 bits per heavy atom. The molecule has 1 aliphatic heterocycles. The fourth-order valence-electron chi connectivity index (χ4n) is 3.99. The summed E-state index contributed by atoms with van der Waals surface area (Å²) in [6, 6.07) is 0.484. The van der Waals surface area contributed by atoms with E-state index in [2.05, 4.69) is 28.4 Å². The predicted molar refractivity (Wildman–Crippen MR) is 89.1 cm³/mol. The van der Waals surface area contributed by atoms with Crippen molar-refractivity contribution in [2.75, 3.05) is 6.54 Å². The van der Waals surface area contributed by atoms with Crippen LogP contribution in [0.5, 0.6) is 0 Å². The summed E-state index contributed by atoms with van der Waals surface area (Å²) < 4.78 is 2.40. The van der Waals surface area contributed by atoms with Crippen LogP contribution in [-0.4, -0.2) is 26.0 Å². The smallest absolute Gasteiger partial charge is 0.126 e. The number of aromatic nitrogens is 3. The molecule has 0 amide bonds. The fraction of sp³-hybridized carbons (Fsp3) is 0.647. The van der Waals surface area contributed by atoms with Crippen molar-refractivity contribution in [1.29, 1.82) is 0 Å². The number of nitrogens with zero attached hydrogens (tertiary/aromatic N) is 4. The summed E-state index contributed by atoms with van der Waals surface area (Å²) in [6.45, 7) is 4.29. The van der Waals surface area contributed by atoms with Crippen molar-refractivity contribution < 1.29 is 0 Å². The minimum Gasteiger partial charge on any atom is -0.334 e. The molecule has 4 rings (SSSR count). The van der Waals surface area contributed by atoms with Crippen LogP contribution in [0.15, 0.2) is 6.20 Å². The number of imidazole rings is 1. The third kappa shape index (κ3) is 2.50. The van der Waals surface area contributed by atoms with E-state index in [9.17, 15) is 0 Å². The molecule has 22 heavy (non-hydrogen) atoms. The normalized spacial score (nSPS) is 22.2. The maximum absolute atomic E-state index is 5.04. The number of rotatable bonds is 3. The number of hydrogen-bond acceptors (Lipinski definition) is 4. The van der Waals surface area contributed by atoms with E-state index in [0.29, 0.717) is 6.04 Å². The van der Waals surface area contributed by atoms with Crippen molar-refractivity contribution in [1.82, 2.24) is 19.4 Å². The highest BCUT2D eigenvalue weighted by Crippen LogP contribution is 2.35. The number of hydrogen-bond donors (Lipinski definition) is 0. The van der Waals surface area contributed by atoms with Crippen molar-refractivity contribution in [2.24, 2.45) is 7.05 Å². The second-order valence-corrected chi connectivity index (χ2v) is 7.92. The molecule has 0 unspecified atom stereocenters. The van der Waals surface area contributed by atoms with Crippen LogP contribution in [0.4, 0.5) is 0 Å². The molecule has 0 bridgehead atoms. The first-order chi connectivity index (χ1) is 10.7. The second-order valence-electron chi connectivity index (χ2n) is 6.60. The van der Waals surface area contributed by atoms with E-state index in [-0.39, 0.29) is 0 Å². The molecular weight excluding hydrogens is 292 g/mol. The Balaban J connectivity index is 1.59. The average Bonchev–Trinajstić information content (AvgIpc) is 3.21. The molecule has 1 saturated heterocycles. The Bertz CT molecular complexity index is 672. The Hall–Kier alpha value is -1.20. The quantitative estimate of drug-likeness (QED) is 0.870. The van der Waals surface area contributed by atoms with Crippen LogP contribution < -0.4 is 0 Å².